The summed E-state index contributed by atoms with van der Waals surface area (Å²) in [6.07, 6.45) is 9.82. The summed E-state index contributed by atoms with van der Waals surface area (Å²) in [5.74, 6) is -0.566. The second-order valence-corrected chi connectivity index (χ2v) is 6.98. The fourth-order valence-corrected chi connectivity index (χ4v) is 3.14. The van der Waals surface area contributed by atoms with E-state index in [1.54, 1.807) is 12.1 Å². The van der Waals surface area contributed by atoms with Crippen molar-refractivity contribution in [2.45, 2.75) is 38.5 Å². The lowest BCUT2D eigenvalue weighted by Crippen LogP contribution is -2.07. The molecule has 0 aliphatic carbocycles. The van der Waals surface area contributed by atoms with E-state index in [0.717, 1.165) is 49.7 Å². The smallest absolute Gasteiger partial charge is 0.338 e. The Hall–Kier alpha value is -2.88. The van der Waals surface area contributed by atoms with Crippen LogP contribution in [0, 0.1) is 0 Å². The number of ether oxygens (including phenoxy) is 2. The highest BCUT2D eigenvalue weighted by Gasteiger charge is 2.09. The zero-order valence-electron chi connectivity index (χ0n) is 16.1. The molecule has 4 bridgehead atoms. The quantitative estimate of drug-likeness (QED) is 0.566. The third-order valence-corrected chi connectivity index (χ3v) is 4.72. The van der Waals surface area contributed by atoms with Crippen molar-refractivity contribution in [1.29, 1.82) is 0 Å². The highest BCUT2D eigenvalue weighted by Crippen LogP contribution is 2.14. The molecule has 1 heterocycles. The fourth-order valence-electron chi connectivity index (χ4n) is 3.14. The van der Waals surface area contributed by atoms with Crippen molar-refractivity contribution in [1.82, 2.24) is 0 Å². The number of cyclic esters (lactones) is 2. The molecule has 28 heavy (non-hydrogen) atoms. The second-order valence-electron chi connectivity index (χ2n) is 6.98. The van der Waals surface area contributed by atoms with E-state index in [4.69, 9.17) is 9.47 Å². The summed E-state index contributed by atoms with van der Waals surface area (Å²) in [6, 6.07) is 14.7. The van der Waals surface area contributed by atoms with Gasteiger partial charge in [-0.2, -0.15) is 0 Å². The molecule has 0 N–H and O–H groups in total. The second kappa shape index (κ2) is 10.5. The summed E-state index contributed by atoms with van der Waals surface area (Å²) in [6.45, 7) is 0.895. The van der Waals surface area contributed by atoms with Gasteiger partial charge in [0.2, 0.25) is 0 Å². The van der Waals surface area contributed by atoms with E-state index in [1.807, 2.05) is 48.6 Å². The summed E-state index contributed by atoms with van der Waals surface area (Å²) in [4.78, 5) is 24.5. The van der Waals surface area contributed by atoms with Crippen LogP contribution in [0.5, 0.6) is 0 Å². The SMILES string of the molecule is O=C1OCCCCCCCCOC(=O)c2cccc(c2)/C=C/c2cccc1c2. The van der Waals surface area contributed by atoms with Gasteiger partial charge in [0.1, 0.15) is 0 Å². The molecule has 0 amide bonds. The predicted molar refractivity (Wildman–Crippen MR) is 110 cm³/mol. The average molecular weight is 378 g/mol. The van der Waals surface area contributed by atoms with E-state index in [9.17, 15) is 9.59 Å². The molecular formula is C24H26O4. The maximum atomic E-state index is 12.2. The molecule has 146 valence electrons. The van der Waals surface area contributed by atoms with Crippen LogP contribution in [0.15, 0.2) is 48.5 Å². The molecule has 4 heteroatoms. The lowest BCUT2D eigenvalue weighted by atomic mass is 10.1. The molecule has 0 saturated carbocycles. The lowest BCUT2D eigenvalue weighted by molar-refractivity contribution is 0.0484. The van der Waals surface area contributed by atoms with Crippen LogP contribution in [0.4, 0.5) is 0 Å². The largest absolute Gasteiger partial charge is 0.462 e. The molecular weight excluding hydrogens is 352 g/mol. The van der Waals surface area contributed by atoms with Gasteiger partial charge in [0, 0.05) is 0 Å². The van der Waals surface area contributed by atoms with Gasteiger partial charge in [-0.1, -0.05) is 62.1 Å². The maximum absolute atomic E-state index is 12.2. The van der Waals surface area contributed by atoms with Crippen LogP contribution in [0.2, 0.25) is 0 Å². The van der Waals surface area contributed by atoms with Crippen molar-refractivity contribution in [3.05, 3.63) is 70.8 Å². The minimum absolute atomic E-state index is 0.283. The van der Waals surface area contributed by atoms with Gasteiger partial charge < -0.3 is 9.47 Å². The molecule has 4 nitrogen and oxygen atoms in total. The van der Waals surface area contributed by atoms with Crippen LogP contribution >= 0.6 is 0 Å². The van der Waals surface area contributed by atoms with Crippen LogP contribution in [0.25, 0.3) is 12.2 Å². The summed E-state index contributed by atoms with van der Waals surface area (Å²) < 4.78 is 10.8. The first-order valence-corrected chi connectivity index (χ1v) is 9.95. The number of fused-ring (bicyclic) bond motifs is 4. The van der Waals surface area contributed by atoms with Gasteiger partial charge in [-0.05, 0) is 48.2 Å². The molecule has 0 radical (unpaired) electrons. The Kier molecular flexibility index (Phi) is 7.42. The maximum Gasteiger partial charge on any atom is 0.338 e. The van der Waals surface area contributed by atoms with Crippen molar-refractivity contribution < 1.29 is 19.1 Å². The van der Waals surface area contributed by atoms with Gasteiger partial charge in [0.05, 0.1) is 24.3 Å². The van der Waals surface area contributed by atoms with Crippen LogP contribution in [0.1, 0.15) is 70.4 Å². The van der Waals surface area contributed by atoms with E-state index in [1.165, 1.54) is 0 Å². The van der Waals surface area contributed by atoms with Crippen LogP contribution in [-0.4, -0.2) is 25.2 Å². The van der Waals surface area contributed by atoms with Gasteiger partial charge >= 0.3 is 11.9 Å². The standard InChI is InChI=1S/C24H26O4/c25-23-21-11-7-9-19(17-21)13-14-20-10-8-12-22(18-20)24(26)28-16-6-4-2-1-3-5-15-27-23/h7-14,17-18H,1-6,15-16H2/b14-13+. The van der Waals surface area contributed by atoms with Gasteiger partial charge in [-0.3, -0.25) is 0 Å². The number of hydrogen-bond donors (Lipinski definition) is 0. The average Bonchev–Trinajstić information content (AvgIpc) is 2.73. The van der Waals surface area contributed by atoms with Crippen LogP contribution in [0.3, 0.4) is 0 Å². The van der Waals surface area contributed by atoms with Crippen molar-refractivity contribution in [3.63, 3.8) is 0 Å². The Morgan fingerprint density at radius 1 is 0.571 bits per heavy atom. The Morgan fingerprint density at radius 3 is 1.46 bits per heavy atom. The molecule has 3 rings (SSSR count). The highest BCUT2D eigenvalue weighted by atomic mass is 16.5. The number of esters is 2. The third kappa shape index (κ3) is 6.08. The molecule has 0 saturated heterocycles. The lowest BCUT2D eigenvalue weighted by Gasteiger charge is -2.07. The van der Waals surface area contributed by atoms with E-state index in [0.29, 0.717) is 24.3 Å². The van der Waals surface area contributed by atoms with Crippen molar-refractivity contribution in [2.75, 3.05) is 13.2 Å². The Labute approximate surface area is 166 Å². The van der Waals surface area contributed by atoms with E-state index in [-0.39, 0.29) is 11.9 Å². The van der Waals surface area contributed by atoms with E-state index in [2.05, 4.69) is 0 Å². The number of carbonyl (C=O) groups is 2. The Bertz CT molecular complexity index is 769. The minimum Gasteiger partial charge on any atom is -0.462 e. The Morgan fingerprint density at radius 2 is 1.00 bits per heavy atom. The van der Waals surface area contributed by atoms with Crippen LogP contribution < -0.4 is 0 Å². The zero-order valence-corrected chi connectivity index (χ0v) is 16.1. The van der Waals surface area contributed by atoms with E-state index >= 15 is 0 Å². The highest BCUT2D eigenvalue weighted by molar-refractivity contribution is 5.91. The van der Waals surface area contributed by atoms with Crippen molar-refractivity contribution in [2.24, 2.45) is 0 Å². The molecule has 0 aromatic heterocycles. The summed E-state index contributed by atoms with van der Waals surface area (Å²) in [5, 5.41) is 0. The minimum atomic E-state index is -0.283. The van der Waals surface area contributed by atoms with E-state index < -0.39 is 0 Å². The normalized spacial score (nSPS) is 17.9. The molecule has 1 aliphatic heterocycles. The summed E-state index contributed by atoms with van der Waals surface area (Å²) in [7, 11) is 0. The number of carbonyl (C=O) groups excluding carboxylic acids is 2. The number of hydrogen-bond acceptors (Lipinski definition) is 4. The first-order chi connectivity index (χ1) is 13.7. The number of rotatable bonds is 0. The van der Waals surface area contributed by atoms with Crippen molar-refractivity contribution in [3.8, 4) is 0 Å². The van der Waals surface area contributed by atoms with Gasteiger partial charge in [0.15, 0.2) is 0 Å². The topological polar surface area (TPSA) is 52.6 Å². The monoisotopic (exact) mass is 378 g/mol. The fraction of sp³-hybridized carbons (Fsp3) is 0.333. The van der Waals surface area contributed by atoms with Gasteiger partial charge in [-0.25, -0.2) is 9.59 Å². The summed E-state index contributed by atoms with van der Waals surface area (Å²) in [5.41, 5.74) is 2.90. The van der Waals surface area contributed by atoms with Gasteiger partial charge in [0.25, 0.3) is 0 Å². The Balaban J connectivity index is 1.78. The summed E-state index contributed by atoms with van der Waals surface area (Å²) >= 11 is 0. The third-order valence-electron chi connectivity index (χ3n) is 4.72. The first-order valence-electron chi connectivity index (χ1n) is 9.95. The molecule has 2 aromatic carbocycles. The van der Waals surface area contributed by atoms with Crippen LogP contribution in [-0.2, 0) is 9.47 Å². The predicted octanol–water partition coefficient (Wildman–Crippen LogP) is 5.52. The molecule has 0 spiro atoms. The molecule has 2 aromatic rings. The van der Waals surface area contributed by atoms with Gasteiger partial charge in [-0.15, -0.1) is 0 Å². The first kappa shape index (κ1) is 19.9. The molecule has 0 atom stereocenters. The molecule has 0 fully saturated rings. The zero-order chi connectivity index (χ0) is 19.6. The molecule has 0 unspecified atom stereocenters. The number of benzene rings is 2. The van der Waals surface area contributed by atoms with Crippen molar-refractivity contribution >= 4 is 24.1 Å². The molecule has 1 aliphatic rings.